The second-order valence-electron chi connectivity index (χ2n) is 4.15. The fourth-order valence-electron chi connectivity index (χ4n) is 1.68. The molecule has 0 aliphatic carbocycles. The number of anilines is 1. The lowest BCUT2D eigenvalue weighted by atomic mass is 10.3. The number of ether oxygens (including phenoxy) is 1. The van der Waals surface area contributed by atoms with E-state index < -0.39 is 10.0 Å². The van der Waals surface area contributed by atoms with E-state index in [1.54, 1.807) is 24.3 Å². The van der Waals surface area contributed by atoms with E-state index in [4.69, 9.17) is 9.84 Å². The highest BCUT2D eigenvalue weighted by atomic mass is 79.9. The number of hydrogen-bond donors (Lipinski definition) is 2. The molecule has 21 heavy (non-hydrogen) atoms. The molecule has 1 heterocycles. The first-order chi connectivity index (χ1) is 9.96. The standard InChI is InChI=1S/C13H14BrNO4S2/c1-19-12-4-2-9(8-11(12)14)15-21(17,18)13-5-3-10(20-13)6-7-16/h2-5,8,15-16H,6-7H2,1H3. The van der Waals surface area contributed by atoms with E-state index in [0.717, 1.165) is 16.2 Å². The molecule has 2 aromatic rings. The summed E-state index contributed by atoms with van der Waals surface area (Å²) in [6.07, 6.45) is 0.453. The van der Waals surface area contributed by atoms with Crippen molar-refractivity contribution in [3.05, 3.63) is 39.7 Å². The summed E-state index contributed by atoms with van der Waals surface area (Å²) in [7, 11) is -2.08. The predicted molar refractivity (Wildman–Crippen MR) is 86.6 cm³/mol. The van der Waals surface area contributed by atoms with Crippen molar-refractivity contribution in [2.24, 2.45) is 0 Å². The Morgan fingerprint density at radius 3 is 2.71 bits per heavy atom. The Labute approximate surface area is 135 Å². The highest BCUT2D eigenvalue weighted by Crippen LogP contribution is 2.30. The fraction of sp³-hybridized carbons (Fsp3) is 0.231. The Bertz CT molecular complexity index is 728. The maximum Gasteiger partial charge on any atom is 0.271 e. The smallest absolute Gasteiger partial charge is 0.271 e. The zero-order chi connectivity index (χ0) is 15.5. The monoisotopic (exact) mass is 391 g/mol. The van der Waals surface area contributed by atoms with Crippen molar-refractivity contribution >= 4 is 43.0 Å². The van der Waals surface area contributed by atoms with Crippen LogP contribution in [0.1, 0.15) is 4.88 Å². The molecule has 2 rings (SSSR count). The molecule has 1 aromatic heterocycles. The van der Waals surface area contributed by atoms with E-state index in [2.05, 4.69) is 20.7 Å². The molecule has 0 unspecified atom stereocenters. The average molecular weight is 392 g/mol. The maximum absolute atomic E-state index is 12.3. The number of rotatable bonds is 6. The van der Waals surface area contributed by atoms with Gasteiger partial charge in [-0.2, -0.15) is 0 Å². The normalized spacial score (nSPS) is 11.4. The molecule has 0 saturated heterocycles. The largest absolute Gasteiger partial charge is 0.496 e. The highest BCUT2D eigenvalue weighted by molar-refractivity contribution is 9.10. The molecular weight excluding hydrogens is 378 g/mol. The number of sulfonamides is 1. The first-order valence-corrected chi connectivity index (χ1v) is 9.11. The first kappa shape index (κ1) is 16.3. The maximum atomic E-state index is 12.3. The van der Waals surface area contributed by atoms with Gasteiger partial charge in [0.1, 0.15) is 9.96 Å². The van der Waals surface area contributed by atoms with Gasteiger partial charge in [-0.05, 0) is 46.3 Å². The number of benzene rings is 1. The zero-order valence-corrected chi connectivity index (χ0v) is 14.4. The van der Waals surface area contributed by atoms with Crippen molar-refractivity contribution in [1.29, 1.82) is 0 Å². The molecule has 0 atom stereocenters. The average Bonchev–Trinajstić information content (AvgIpc) is 2.88. The number of thiophene rings is 1. The highest BCUT2D eigenvalue weighted by Gasteiger charge is 2.17. The number of aliphatic hydroxyl groups excluding tert-OH is 1. The molecule has 0 fully saturated rings. The summed E-state index contributed by atoms with van der Waals surface area (Å²) in [6, 6.07) is 8.19. The van der Waals surface area contributed by atoms with Crippen molar-refractivity contribution in [3.8, 4) is 5.75 Å². The van der Waals surface area contributed by atoms with Gasteiger partial charge in [0, 0.05) is 17.9 Å². The van der Waals surface area contributed by atoms with E-state index in [1.165, 1.54) is 13.2 Å². The number of methoxy groups -OCH3 is 1. The van der Waals surface area contributed by atoms with Gasteiger partial charge in [-0.25, -0.2) is 8.42 Å². The second-order valence-corrected chi connectivity index (χ2v) is 8.08. The van der Waals surface area contributed by atoms with Crippen LogP contribution in [0.15, 0.2) is 39.0 Å². The molecule has 1 aromatic carbocycles. The van der Waals surface area contributed by atoms with Crippen LogP contribution in [0.4, 0.5) is 5.69 Å². The van der Waals surface area contributed by atoms with Crippen LogP contribution in [-0.2, 0) is 16.4 Å². The van der Waals surface area contributed by atoms with Crippen LogP contribution in [0.2, 0.25) is 0 Å². The van der Waals surface area contributed by atoms with Crippen LogP contribution in [0.3, 0.4) is 0 Å². The quantitative estimate of drug-likeness (QED) is 0.793. The van der Waals surface area contributed by atoms with Crippen LogP contribution >= 0.6 is 27.3 Å². The molecule has 2 N–H and O–H groups in total. The third-order valence-corrected chi connectivity index (χ3v) is 6.30. The lowest BCUT2D eigenvalue weighted by Crippen LogP contribution is -2.11. The molecule has 114 valence electrons. The van der Waals surface area contributed by atoms with Gasteiger partial charge in [0.15, 0.2) is 0 Å². The topological polar surface area (TPSA) is 75.6 Å². The predicted octanol–water partition coefficient (Wildman–Crippen LogP) is 2.85. The lowest BCUT2D eigenvalue weighted by Gasteiger charge is -2.08. The number of halogens is 1. The van der Waals surface area contributed by atoms with E-state index in [-0.39, 0.29) is 10.8 Å². The Balaban J connectivity index is 2.22. The minimum absolute atomic E-state index is 0.00113. The summed E-state index contributed by atoms with van der Waals surface area (Å²) in [5.74, 6) is 0.624. The molecule has 0 radical (unpaired) electrons. The van der Waals surface area contributed by atoms with Crippen LogP contribution in [0, 0.1) is 0 Å². The number of hydrogen-bond acceptors (Lipinski definition) is 5. The minimum Gasteiger partial charge on any atom is -0.496 e. The Kier molecular flexibility index (Phi) is 5.26. The molecule has 0 bridgehead atoms. The van der Waals surface area contributed by atoms with Crippen LogP contribution in [0.5, 0.6) is 5.75 Å². The third kappa shape index (κ3) is 3.97. The molecule has 0 aliphatic rings. The van der Waals surface area contributed by atoms with Crippen molar-refractivity contribution in [1.82, 2.24) is 0 Å². The Morgan fingerprint density at radius 2 is 2.10 bits per heavy atom. The molecular formula is C13H14BrNO4S2. The fourth-order valence-corrected chi connectivity index (χ4v) is 4.62. The molecule has 0 spiro atoms. The first-order valence-electron chi connectivity index (χ1n) is 6.02. The van der Waals surface area contributed by atoms with Gasteiger partial charge in [0.05, 0.1) is 17.3 Å². The Morgan fingerprint density at radius 1 is 1.33 bits per heavy atom. The summed E-state index contributed by atoms with van der Waals surface area (Å²) >= 11 is 4.46. The summed E-state index contributed by atoms with van der Waals surface area (Å²) in [5, 5.41) is 8.87. The zero-order valence-electron chi connectivity index (χ0n) is 11.2. The Hall–Kier alpha value is -1.09. The minimum atomic E-state index is -3.62. The third-order valence-electron chi connectivity index (χ3n) is 2.66. The van der Waals surface area contributed by atoms with Crippen molar-refractivity contribution < 1.29 is 18.3 Å². The van der Waals surface area contributed by atoms with Gasteiger partial charge < -0.3 is 9.84 Å². The molecule has 0 aliphatic heterocycles. The molecule has 5 nitrogen and oxygen atoms in total. The molecule has 0 saturated carbocycles. The van der Waals surface area contributed by atoms with Gasteiger partial charge in [0.25, 0.3) is 10.0 Å². The van der Waals surface area contributed by atoms with E-state index in [1.807, 2.05) is 0 Å². The van der Waals surface area contributed by atoms with Crippen LogP contribution in [0.25, 0.3) is 0 Å². The summed E-state index contributed by atoms with van der Waals surface area (Å²) in [5.41, 5.74) is 0.444. The van der Waals surface area contributed by atoms with Gasteiger partial charge in [-0.1, -0.05) is 0 Å². The van der Waals surface area contributed by atoms with Gasteiger partial charge in [0.2, 0.25) is 0 Å². The van der Waals surface area contributed by atoms with Crippen LogP contribution < -0.4 is 9.46 Å². The summed E-state index contributed by atoms with van der Waals surface area (Å²) < 4.78 is 33.1. The van der Waals surface area contributed by atoms with Gasteiger partial charge in [-0.15, -0.1) is 11.3 Å². The number of aliphatic hydroxyl groups is 1. The van der Waals surface area contributed by atoms with Crippen molar-refractivity contribution in [2.75, 3.05) is 18.4 Å². The van der Waals surface area contributed by atoms with E-state index >= 15 is 0 Å². The van der Waals surface area contributed by atoms with E-state index in [0.29, 0.717) is 22.3 Å². The molecule has 0 amide bonds. The van der Waals surface area contributed by atoms with Gasteiger partial charge in [-0.3, -0.25) is 4.72 Å². The SMILES string of the molecule is COc1ccc(NS(=O)(=O)c2ccc(CCO)s2)cc1Br. The van der Waals surface area contributed by atoms with E-state index in [9.17, 15) is 8.42 Å². The van der Waals surface area contributed by atoms with Crippen molar-refractivity contribution in [2.45, 2.75) is 10.6 Å². The van der Waals surface area contributed by atoms with Crippen molar-refractivity contribution in [3.63, 3.8) is 0 Å². The summed E-state index contributed by atoms with van der Waals surface area (Å²) in [6.45, 7) is -0.00113. The second kappa shape index (κ2) is 6.78. The number of nitrogens with one attached hydrogen (secondary N) is 1. The van der Waals surface area contributed by atoms with Crippen LogP contribution in [-0.4, -0.2) is 27.2 Å². The summed E-state index contributed by atoms with van der Waals surface area (Å²) in [4.78, 5) is 0.828. The molecule has 8 heteroatoms. The lowest BCUT2D eigenvalue weighted by molar-refractivity contribution is 0.300. The van der Waals surface area contributed by atoms with Gasteiger partial charge >= 0.3 is 0 Å².